The lowest BCUT2D eigenvalue weighted by atomic mass is 9.90. The molecule has 1 saturated carbocycles. The lowest BCUT2D eigenvalue weighted by molar-refractivity contribution is -0.137. The largest absolute Gasteiger partial charge is 0.481 e. The summed E-state index contributed by atoms with van der Waals surface area (Å²) in [4.78, 5) is 22.4. The fourth-order valence-electron chi connectivity index (χ4n) is 2.92. The highest BCUT2D eigenvalue weighted by molar-refractivity contribution is 5.84. The molecule has 0 aliphatic heterocycles. The summed E-state index contributed by atoms with van der Waals surface area (Å²) in [6, 6.07) is 0. The zero-order valence-corrected chi connectivity index (χ0v) is 13.7. The Morgan fingerprint density at radius 3 is 2.74 bits per heavy atom. The van der Waals surface area contributed by atoms with Gasteiger partial charge >= 0.3 is 5.97 Å². The van der Waals surface area contributed by atoms with Gasteiger partial charge in [-0.1, -0.05) is 31.2 Å². The van der Waals surface area contributed by atoms with Gasteiger partial charge in [-0.05, 0) is 32.1 Å². The Morgan fingerprint density at radius 2 is 2.09 bits per heavy atom. The number of ketones is 1. The fraction of sp³-hybridized carbons (Fsp3) is 0.667. The molecular weight excluding hydrogens is 296 g/mol. The zero-order chi connectivity index (χ0) is 17.2. The fourth-order valence-corrected chi connectivity index (χ4v) is 2.92. The van der Waals surface area contributed by atoms with Crippen LogP contribution in [-0.2, 0) is 9.59 Å². The van der Waals surface area contributed by atoms with Gasteiger partial charge in [0.05, 0.1) is 12.2 Å². The van der Waals surface area contributed by atoms with Gasteiger partial charge in [-0.2, -0.15) is 0 Å². The van der Waals surface area contributed by atoms with E-state index in [0.29, 0.717) is 25.7 Å². The summed E-state index contributed by atoms with van der Waals surface area (Å²) < 4.78 is 0. The third kappa shape index (κ3) is 7.10. The van der Waals surface area contributed by atoms with Gasteiger partial charge in [0.25, 0.3) is 0 Å². The van der Waals surface area contributed by atoms with Gasteiger partial charge in [-0.3, -0.25) is 9.59 Å². The van der Waals surface area contributed by atoms with Crippen LogP contribution in [-0.4, -0.2) is 39.3 Å². The third-order valence-corrected chi connectivity index (χ3v) is 4.22. The molecular formula is C18H28O5. The average molecular weight is 324 g/mol. The molecule has 4 atom stereocenters. The van der Waals surface area contributed by atoms with E-state index in [4.69, 9.17) is 5.11 Å². The minimum absolute atomic E-state index is 0.0730. The van der Waals surface area contributed by atoms with Crippen LogP contribution in [0.2, 0.25) is 0 Å². The summed E-state index contributed by atoms with van der Waals surface area (Å²) in [5.74, 6) is -1.23. The van der Waals surface area contributed by atoms with Gasteiger partial charge < -0.3 is 15.3 Å². The van der Waals surface area contributed by atoms with Crippen LogP contribution in [0.25, 0.3) is 0 Å². The molecule has 0 aromatic rings. The van der Waals surface area contributed by atoms with Crippen molar-refractivity contribution in [3.05, 3.63) is 24.3 Å². The molecule has 0 spiro atoms. The lowest BCUT2D eigenvalue weighted by Crippen LogP contribution is -2.18. The van der Waals surface area contributed by atoms with Crippen molar-refractivity contribution in [2.75, 3.05) is 0 Å². The first kappa shape index (κ1) is 19.6. The van der Waals surface area contributed by atoms with Crippen LogP contribution < -0.4 is 0 Å². The molecule has 5 nitrogen and oxygen atoms in total. The Kier molecular flexibility index (Phi) is 8.81. The SMILES string of the molecule is CC/C=C\C[C@H]1C(=O)C[C@H](O)[C@H]1/C=C/[C@@H](O)CCCCC(=O)O. The molecule has 1 aliphatic rings. The summed E-state index contributed by atoms with van der Waals surface area (Å²) >= 11 is 0. The Hall–Kier alpha value is -1.46. The van der Waals surface area contributed by atoms with E-state index in [1.54, 1.807) is 12.2 Å². The van der Waals surface area contributed by atoms with E-state index in [-0.39, 0.29) is 30.5 Å². The van der Waals surface area contributed by atoms with Crippen molar-refractivity contribution in [1.82, 2.24) is 0 Å². The van der Waals surface area contributed by atoms with Crippen LogP contribution in [0.1, 0.15) is 51.9 Å². The van der Waals surface area contributed by atoms with E-state index in [2.05, 4.69) is 0 Å². The number of carboxylic acids is 1. The molecule has 1 rings (SSSR count). The normalized spacial score (nSPS) is 26.4. The summed E-state index contributed by atoms with van der Waals surface area (Å²) in [6.45, 7) is 2.03. The van der Waals surface area contributed by atoms with Crippen molar-refractivity contribution in [3.8, 4) is 0 Å². The standard InChI is InChI=1S/C18H28O5/c1-2-3-4-8-14-15(17(21)12-16(14)20)11-10-13(19)7-5-6-9-18(22)23/h3-4,10-11,13-15,17,19,21H,2,5-9,12H2,1H3,(H,22,23)/b4-3-,11-10+/t13-,14+,15-,17-/m0/s1. The van der Waals surface area contributed by atoms with E-state index < -0.39 is 18.2 Å². The maximum atomic E-state index is 12.0. The number of aliphatic hydroxyl groups is 2. The van der Waals surface area contributed by atoms with E-state index in [0.717, 1.165) is 6.42 Å². The highest BCUT2D eigenvalue weighted by Crippen LogP contribution is 2.33. The minimum Gasteiger partial charge on any atom is -0.481 e. The molecule has 5 heteroatoms. The number of unbranched alkanes of at least 4 members (excludes halogenated alkanes) is 1. The quantitative estimate of drug-likeness (QED) is 0.424. The highest BCUT2D eigenvalue weighted by atomic mass is 16.4. The second kappa shape index (κ2) is 10.3. The van der Waals surface area contributed by atoms with Gasteiger partial charge in [-0.15, -0.1) is 0 Å². The molecule has 0 unspecified atom stereocenters. The van der Waals surface area contributed by atoms with Crippen LogP contribution in [0.3, 0.4) is 0 Å². The maximum absolute atomic E-state index is 12.0. The summed E-state index contributed by atoms with van der Waals surface area (Å²) in [7, 11) is 0. The van der Waals surface area contributed by atoms with Crippen LogP contribution >= 0.6 is 0 Å². The molecule has 23 heavy (non-hydrogen) atoms. The van der Waals surface area contributed by atoms with Crippen LogP contribution in [0, 0.1) is 11.8 Å². The molecule has 1 aliphatic carbocycles. The van der Waals surface area contributed by atoms with E-state index >= 15 is 0 Å². The Bertz CT molecular complexity index is 441. The number of aliphatic carboxylic acids is 1. The Labute approximate surface area is 137 Å². The third-order valence-electron chi connectivity index (χ3n) is 4.22. The van der Waals surface area contributed by atoms with Gasteiger partial charge in [0.1, 0.15) is 5.78 Å². The van der Waals surface area contributed by atoms with Crippen LogP contribution in [0.15, 0.2) is 24.3 Å². The van der Waals surface area contributed by atoms with Gasteiger partial charge in [0, 0.05) is 24.7 Å². The van der Waals surface area contributed by atoms with Crippen molar-refractivity contribution in [2.24, 2.45) is 11.8 Å². The lowest BCUT2D eigenvalue weighted by Gasteiger charge is -2.16. The number of rotatable bonds is 10. The Morgan fingerprint density at radius 1 is 1.35 bits per heavy atom. The van der Waals surface area contributed by atoms with E-state index in [9.17, 15) is 19.8 Å². The minimum atomic E-state index is -0.828. The van der Waals surface area contributed by atoms with Gasteiger partial charge in [0.15, 0.2) is 0 Å². The second-order valence-corrected chi connectivity index (χ2v) is 6.13. The van der Waals surface area contributed by atoms with Crippen LogP contribution in [0.4, 0.5) is 0 Å². The molecule has 0 aromatic carbocycles. The average Bonchev–Trinajstić information content (AvgIpc) is 2.75. The summed E-state index contributed by atoms with van der Waals surface area (Å²) in [5.41, 5.74) is 0. The van der Waals surface area contributed by atoms with Crippen LogP contribution in [0.5, 0.6) is 0 Å². The smallest absolute Gasteiger partial charge is 0.303 e. The number of aliphatic hydroxyl groups excluding tert-OH is 2. The van der Waals surface area contributed by atoms with E-state index in [1.165, 1.54) is 0 Å². The highest BCUT2D eigenvalue weighted by Gasteiger charge is 2.39. The first-order chi connectivity index (χ1) is 11.0. The van der Waals surface area contributed by atoms with Crippen molar-refractivity contribution >= 4 is 11.8 Å². The monoisotopic (exact) mass is 324 g/mol. The number of allylic oxidation sites excluding steroid dienone is 2. The zero-order valence-electron chi connectivity index (χ0n) is 13.7. The number of hydrogen-bond donors (Lipinski definition) is 3. The summed E-state index contributed by atoms with van der Waals surface area (Å²) in [6.07, 6.45) is 9.49. The first-order valence-corrected chi connectivity index (χ1v) is 8.39. The van der Waals surface area contributed by atoms with Gasteiger partial charge in [0.2, 0.25) is 0 Å². The predicted octanol–water partition coefficient (Wildman–Crippen LogP) is 2.47. The van der Waals surface area contributed by atoms with Crippen molar-refractivity contribution in [1.29, 1.82) is 0 Å². The molecule has 1 fully saturated rings. The number of hydrogen-bond acceptors (Lipinski definition) is 4. The van der Waals surface area contributed by atoms with Crippen molar-refractivity contribution in [2.45, 2.75) is 64.1 Å². The number of carbonyl (C=O) groups excluding carboxylic acids is 1. The number of Topliss-reactive ketones (excluding diaryl/α,β-unsaturated/α-hetero) is 1. The molecule has 0 radical (unpaired) electrons. The molecule has 0 bridgehead atoms. The van der Waals surface area contributed by atoms with Crippen molar-refractivity contribution < 1.29 is 24.9 Å². The topological polar surface area (TPSA) is 94.8 Å². The van der Waals surface area contributed by atoms with E-state index in [1.807, 2.05) is 19.1 Å². The number of carbonyl (C=O) groups is 2. The molecule has 130 valence electrons. The molecule has 0 saturated heterocycles. The van der Waals surface area contributed by atoms with Crippen molar-refractivity contribution in [3.63, 3.8) is 0 Å². The molecule has 0 heterocycles. The summed E-state index contributed by atoms with van der Waals surface area (Å²) in [5, 5.41) is 28.5. The second-order valence-electron chi connectivity index (χ2n) is 6.13. The predicted molar refractivity (Wildman–Crippen MR) is 87.9 cm³/mol. The molecule has 0 amide bonds. The molecule has 3 N–H and O–H groups in total. The Balaban J connectivity index is 2.48. The molecule has 0 aromatic heterocycles. The van der Waals surface area contributed by atoms with Gasteiger partial charge in [-0.25, -0.2) is 0 Å². The maximum Gasteiger partial charge on any atom is 0.303 e. The first-order valence-electron chi connectivity index (χ1n) is 8.39. The number of carboxylic acid groups (broad SMARTS) is 1.